The maximum absolute atomic E-state index is 13.6. The van der Waals surface area contributed by atoms with E-state index in [0.717, 1.165) is 10.7 Å². The highest BCUT2D eigenvalue weighted by Crippen LogP contribution is 2.23. The summed E-state index contributed by atoms with van der Waals surface area (Å²) in [6.07, 6.45) is 0. The zero-order chi connectivity index (χ0) is 14.0. The highest BCUT2D eigenvalue weighted by Gasteiger charge is 2.17. The molecule has 19 heavy (non-hydrogen) atoms. The number of aliphatic hydroxyl groups excluding tert-OH is 1. The zero-order valence-electron chi connectivity index (χ0n) is 9.68. The van der Waals surface area contributed by atoms with Crippen molar-refractivity contribution < 1.29 is 23.8 Å². The van der Waals surface area contributed by atoms with Gasteiger partial charge in [-0.2, -0.15) is 5.10 Å². The molecule has 0 fully saturated rings. The van der Waals surface area contributed by atoms with Crippen LogP contribution in [0.2, 0.25) is 0 Å². The van der Waals surface area contributed by atoms with E-state index in [2.05, 4.69) is 5.10 Å². The summed E-state index contributed by atoms with van der Waals surface area (Å²) in [6.45, 7) is -0.322. The van der Waals surface area contributed by atoms with Crippen LogP contribution in [-0.2, 0) is 6.54 Å². The van der Waals surface area contributed by atoms with Crippen LogP contribution < -0.4 is 0 Å². The van der Waals surface area contributed by atoms with Crippen molar-refractivity contribution in [3.8, 4) is 11.3 Å². The van der Waals surface area contributed by atoms with Crippen molar-refractivity contribution >= 4 is 5.97 Å². The number of carboxylic acid groups (broad SMARTS) is 1. The summed E-state index contributed by atoms with van der Waals surface area (Å²) < 4.78 is 27.4. The van der Waals surface area contributed by atoms with E-state index in [4.69, 9.17) is 10.2 Å². The third-order valence-electron chi connectivity index (χ3n) is 2.52. The minimum atomic E-state index is -1.24. The Balaban J connectivity index is 2.50. The fourth-order valence-corrected chi connectivity index (χ4v) is 1.68. The number of aromatic carboxylic acids is 1. The van der Waals surface area contributed by atoms with Gasteiger partial charge >= 0.3 is 5.97 Å². The van der Waals surface area contributed by atoms with Gasteiger partial charge in [-0.05, 0) is 18.2 Å². The molecule has 0 atom stereocenters. The van der Waals surface area contributed by atoms with E-state index in [9.17, 15) is 13.6 Å². The first-order valence-corrected chi connectivity index (χ1v) is 5.40. The molecule has 1 aromatic heterocycles. The van der Waals surface area contributed by atoms with Gasteiger partial charge in [0.15, 0.2) is 0 Å². The highest BCUT2D eigenvalue weighted by atomic mass is 19.1. The van der Waals surface area contributed by atoms with Crippen LogP contribution in [0, 0.1) is 11.6 Å². The maximum Gasteiger partial charge on any atom is 0.354 e. The smallest absolute Gasteiger partial charge is 0.354 e. The molecular formula is C12H10F2N2O3. The average Bonchev–Trinajstić information content (AvgIpc) is 2.73. The maximum atomic E-state index is 13.6. The number of rotatable bonds is 4. The van der Waals surface area contributed by atoms with Gasteiger partial charge in [-0.25, -0.2) is 13.6 Å². The van der Waals surface area contributed by atoms with Gasteiger partial charge in [0.1, 0.15) is 17.3 Å². The molecule has 1 heterocycles. The van der Waals surface area contributed by atoms with Crippen LogP contribution in [0.5, 0.6) is 0 Å². The van der Waals surface area contributed by atoms with Crippen molar-refractivity contribution in [2.75, 3.05) is 6.61 Å². The summed E-state index contributed by atoms with van der Waals surface area (Å²) in [5.41, 5.74) is -0.100. The lowest BCUT2D eigenvalue weighted by Crippen LogP contribution is -2.12. The SMILES string of the molecule is O=C(O)c1cc(-c2ccc(F)cc2F)nn1CCO. The molecule has 0 aliphatic rings. The number of hydrogen-bond donors (Lipinski definition) is 2. The van der Waals surface area contributed by atoms with Crippen LogP contribution in [0.25, 0.3) is 11.3 Å². The first-order chi connectivity index (χ1) is 9.02. The topological polar surface area (TPSA) is 75.3 Å². The third-order valence-corrected chi connectivity index (χ3v) is 2.52. The zero-order valence-corrected chi connectivity index (χ0v) is 9.68. The molecule has 1 aromatic carbocycles. The van der Waals surface area contributed by atoms with E-state index in [1.54, 1.807) is 0 Å². The van der Waals surface area contributed by atoms with Gasteiger partial charge in [0.2, 0.25) is 0 Å². The molecule has 0 aliphatic carbocycles. The summed E-state index contributed by atoms with van der Waals surface area (Å²) >= 11 is 0. The monoisotopic (exact) mass is 268 g/mol. The second-order valence-electron chi connectivity index (χ2n) is 3.79. The number of aliphatic hydroxyl groups is 1. The Hall–Kier alpha value is -2.28. The molecule has 0 saturated carbocycles. The summed E-state index contributed by atoms with van der Waals surface area (Å²) in [5, 5.41) is 21.7. The molecule has 0 saturated heterocycles. The Morgan fingerprint density at radius 2 is 2.05 bits per heavy atom. The predicted octanol–water partition coefficient (Wildman–Crippen LogP) is 1.52. The number of carbonyl (C=O) groups is 1. The number of benzene rings is 1. The summed E-state index contributed by atoms with van der Waals surface area (Å²) in [6, 6.07) is 4.11. The number of carboxylic acids is 1. The van der Waals surface area contributed by atoms with Gasteiger partial charge in [-0.1, -0.05) is 0 Å². The average molecular weight is 268 g/mol. The van der Waals surface area contributed by atoms with Crippen molar-refractivity contribution in [1.82, 2.24) is 9.78 Å². The molecule has 2 rings (SSSR count). The number of halogens is 2. The fourth-order valence-electron chi connectivity index (χ4n) is 1.68. The Bertz CT molecular complexity index is 625. The van der Waals surface area contributed by atoms with Gasteiger partial charge in [0.05, 0.1) is 18.8 Å². The standard InChI is InChI=1S/C12H10F2N2O3/c13-7-1-2-8(9(14)5-7)10-6-11(12(18)19)16(15-10)3-4-17/h1-2,5-6,17H,3-4H2,(H,18,19). The molecule has 0 unspecified atom stereocenters. The lowest BCUT2D eigenvalue weighted by molar-refractivity contribution is 0.0681. The Kier molecular flexibility index (Phi) is 3.57. The van der Waals surface area contributed by atoms with Crippen molar-refractivity contribution in [3.05, 3.63) is 41.6 Å². The summed E-state index contributed by atoms with van der Waals surface area (Å²) in [7, 11) is 0. The van der Waals surface area contributed by atoms with Gasteiger partial charge in [-0.15, -0.1) is 0 Å². The van der Waals surface area contributed by atoms with E-state index in [-0.39, 0.29) is 30.1 Å². The first kappa shape index (κ1) is 13.2. The van der Waals surface area contributed by atoms with Crippen LogP contribution in [0.3, 0.4) is 0 Å². The van der Waals surface area contributed by atoms with Crippen molar-refractivity contribution in [3.63, 3.8) is 0 Å². The fraction of sp³-hybridized carbons (Fsp3) is 0.167. The Labute approximate surface area is 106 Å². The molecule has 0 aliphatic heterocycles. The van der Waals surface area contributed by atoms with E-state index in [1.807, 2.05) is 0 Å². The van der Waals surface area contributed by atoms with E-state index in [0.29, 0.717) is 6.07 Å². The molecule has 100 valence electrons. The van der Waals surface area contributed by atoms with Crippen LogP contribution >= 0.6 is 0 Å². The lowest BCUT2D eigenvalue weighted by Gasteiger charge is -2.01. The van der Waals surface area contributed by atoms with E-state index < -0.39 is 17.6 Å². The second-order valence-corrected chi connectivity index (χ2v) is 3.79. The third kappa shape index (κ3) is 2.60. The molecule has 0 bridgehead atoms. The van der Waals surface area contributed by atoms with Crippen LogP contribution in [-0.4, -0.2) is 32.6 Å². The number of hydrogen-bond acceptors (Lipinski definition) is 3. The Morgan fingerprint density at radius 1 is 1.32 bits per heavy atom. The quantitative estimate of drug-likeness (QED) is 0.881. The van der Waals surface area contributed by atoms with E-state index >= 15 is 0 Å². The van der Waals surface area contributed by atoms with Crippen molar-refractivity contribution in [2.45, 2.75) is 6.54 Å². The molecule has 0 radical (unpaired) electrons. The summed E-state index contributed by atoms with van der Waals surface area (Å²) in [5.74, 6) is -2.80. The van der Waals surface area contributed by atoms with Crippen LogP contribution in [0.15, 0.2) is 24.3 Å². The molecule has 0 spiro atoms. The second kappa shape index (κ2) is 5.15. The molecule has 2 N–H and O–H groups in total. The normalized spacial score (nSPS) is 10.7. The predicted molar refractivity (Wildman–Crippen MR) is 61.6 cm³/mol. The molecule has 7 heteroatoms. The minimum Gasteiger partial charge on any atom is -0.477 e. The van der Waals surface area contributed by atoms with E-state index in [1.165, 1.54) is 12.1 Å². The number of aromatic nitrogens is 2. The summed E-state index contributed by atoms with van der Waals surface area (Å²) in [4.78, 5) is 11.0. The Morgan fingerprint density at radius 3 is 2.63 bits per heavy atom. The minimum absolute atomic E-state index is 0.000546. The molecule has 5 nitrogen and oxygen atoms in total. The molecule has 0 amide bonds. The van der Waals surface area contributed by atoms with Crippen molar-refractivity contribution in [2.24, 2.45) is 0 Å². The lowest BCUT2D eigenvalue weighted by atomic mass is 10.1. The van der Waals surface area contributed by atoms with Crippen LogP contribution in [0.1, 0.15) is 10.5 Å². The highest BCUT2D eigenvalue weighted by molar-refractivity contribution is 5.87. The van der Waals surface area contributed by atoms with Crippen molar-refractivity contribution in [1.29, 1.82) is 0 Å². The van der Waals surface area contributed by atoms with Crippen LogP contribution in [0.4, 0.5) is 8.78 Å². The van der Waals surface area contributed by atoms with Gasteiger partial charge in [0.25, 0.3) is 0 Å². The largest absolute Gasteiger partial charge is 0.477 e. The van der Waals surface area contributed by atoms with Gasteiger partial charge in [0, 0.05) is 11.6 Å². The first-order valence-electron chi connectivity index (χ1n) is 5.40. The number of nitrogens with zero attached hydrogens (tertiary/aromatic N) is 2. The van der Waals surface area contributed by atoms with Gasteiger partial charge < -0.3 is 10.2 Å². The van der Waals surface area contributed by atoms with Gasteiger partial charge in [-0.3, -0.25) is 4.68 Å². The molecule has 2 aromatic rings. The molecular weight excluding hydrogens is 258 g/mol.